The van der Waals surface area contributed by atoms with Crippen molar-refractivity contribution in [2.75, 3.05) is 6.54 Å². The summed E-state index contributed by atoms with van der Waals surface area (Å²) in [4.78, 5) is 16.3. The molecule has 0 aromatic carbocycles. The first-order chi connectivity index (χ1) is 8.13. The van der Waals surface area contributed by atoms with Crippen LogP contribution in [0, 0.1) is 6.92 Å². The summed E-state index contributed by atoms with van der Waals surface area (Å²) in [5, 5.41) is 3.46. The number of nitrogens with zero attached hydrogens (tertiary/aromatic N) is 2. The fourth-order valence-electron chi connectivity index (χ4n) is 1.73. The van der Waals surface area contributed by atoms with E-state index in [9.17, 15) is 4.79 Å². The standard InChI is InChI=1S/C12H14ClN3O/c1-3-5-14-12(17)11-8(2)15-10-7-9(13)4-6-16(10)11/h4,6-7H,3,5H2,1-2H3,(H,14,17). The predicted molar refractivity (Wildman–Crippen MR) is 67.6 cm³/mol. The summed E-state index contributed by atoms with van der Waals surface area (Å²) in [5.74, 6) is -0.0980. The third-order valence-electron chi connectivity index (χ3n) is 2.51. The summed E-state index contributed by atoms with van der Waals surface area (Å²) in [7, 11) is 0. The lowest BCUT2D eigenvalue weighted by atomic mass is 10.3. The molecule has 0 aliphatic heterocycles. The van der Waals surface area contributed by atoms with Gasteiger partial charge < -0.3 is 5.32 Å². The minimum Gasteiger partial charge on any atom is -0.351 e. The molecular formula is C12H14ClN3O. The Balaban J connectivity index is 2.46. The van der Waals surface area contributed by atoms with Gasteiger partial charge in [0.1, 0.15) is 11.3 Å². The summed E-state index contributed by atoms with van der Waals surface area (Å²) < 4.78 is 1.76. The quantitative estimate of drug-likeness (QED) is 0.911. The number of imidazole rings is 1. The summed E-state index contributed by atoms with van der Waals surface area (Å²) in [6.45, 7) is 4.50. The molecule has 0 saturated heterocycles. The van der Waals surface area contributed by atoms with Crippen molar-refractivity contribution < 1.29 is 4.79 Å². The molecule has 2 heterocycles. The zero-order valence-corrected chi connectivity index (χ0v) is 10.6. The van der Waals surface area contributed by atoms with Gasteiger partial charge in [-0.25, -0.2) is 4.98 Å². The number of carbonyl (C=O) groups is 1. The molecular weight excluding hydrogens is 238 g/mol. The van der Waals surface area contributed by atoms with Crippen molar-refractivity contribution >= 4 is 23.2 Å². The van der Waals surface area contributed by atoms with Crippen molar-refractivity contribution in [1.82, 2.24) is 14.7 Å². The van der Waals surface area contributed by atoms with Crippen molar-refractivity contribution in [2.24, 2.45) is 0 Å². The molecule has 0 aliphatic carbocycles. The Bertz CT molecular complexity index is 562. The maximum atomic E-state index is 12.0. The van der Waals surface area contributed by atoms with E-state index in [1.165, 1.54) is 0 Å². The number of fused-ring (bicyclic) bond motifs is 1. The zero-order valence-electron chi connectivity index (χ0n) is 9.83. The van der Waals surface area contributed by atoms with Crippen LogP contribution >= 0.6 is 11.6 Å². The Morgan fingerprint density at radius 1 is 1.59 bits per heavy atom. The highest BCUT2D eigenvalue weighted by molar-refractivity contribution is 6.30. The largest absolute Gasteiger partial charge is 0.351 e. The first-order valence-corrected chi connectivity index (χ1v) is 5.93. The molecule has 2 rings (SSSR count). The molecule has 0 atom stereocenters. The topological polar surface area (TPSA) is 46.4 Å². The molecule has 0 saturated carbocycles. The first kappa shape index (κ1) is 11.9. The van der Waals surface area contributed by atoms with Crippen LogP contribution in [0.4, 0.5) is 0 Å². The Kier molecular flexibility index (Phi) is 3.33. The number of amides is 1. The molecule has 17 heavy (non-hydrogen) atoms. The third kappa shape index (κ3) is 2.26. The number of rotatable bonds is 3. The van der Waals surface area contributed by atoms with Gasteiger partial charge in [-0.15, -0.1) is 0 Å². The normalized spacial score (nSPS) is 10.8. The number of aryl methyl sites for hydroxylation is 1. The molecule has 2 aromatic rings. The van der Waals surface area contributed by atoms with Crippen LogP contribution in [0.1, 0.15) is 29.5 Å². The molecule has 1 amide bonds. The number of hydrogen-bond donors (Lipinski definition) is 1. The highest BCUT2D eigenvalue weighted by atomic mass is 35.5. The second-order valence-corrected chi connectivity index (χ2v) is 4.31. The van der Waals surface area contributed by atoms with Gasteiger partial charge in [0.25, 0.3) is 5.91 Å². The van der Waals surface area contributed by atoms with Crippen LogP contribution in [0.15, 0.2) is 18.3 Å². The summed E-state index contributed by atoms with van der Waals surface area (Å²) in [5.41, 5.74) is 1.97. The van der Waals surface area contributed by atoms with Gasteiger partial charge in [-0.3, -0.25) is 9.20 Å². The minimum absolute atomic E-state index is 0.0980. The van der Waals surface area contributed by atoms with E-state index in [0.29, 0.717) is 28.6 Å². The van der Waals surface area contributed by atoms with Crippen molar-refractivity contribution in [2.45, 2.75) is 20.3 Å². The van der Waals surface area contributed by atoms with E-state index in [4.69, 9.17) is 11.6 Å². The van der Waals surface area contributed by atoms with Crippen molar-refractivity contribution in [1.29, 1.82) is 0 Å². The maximum Gasteiger partial charge on any atom is 0.270 e. The minimum atomic E-state index is -0.0980. The monoisotopic (exact) mass is 251 g/mol. The van der Waals surface area contributed by atoms with Gasteiger partial charge in [0.15, 0.2) is 0 Å². The smallest absolute Gasteiger partial charge is 0.270 e. The van der Waals surface area contributed by atoms with Crippen LogP contribution < -0.4 is 5.32 Å². The van der Waals surface area contributed by atoms with E-state index in [1.54, 1.807) is 22.7 Å². The van der Waals surface area contributed by atoms with Gasteiger partial charge in [-0.05, 0) is 19.4 Å². The Hall–Kier alpha value is -1.55. The number of halogens is 1. The molecule has 2 aromatic heterocycles. The van der Waals surface area contributed by atoms with Gasteiger partial charge in [0.05, 0.1) is 5.69 Å². The Morgan fingerprint density at radius 3 is 3.06 bits per heavy atom. The van der Waals surface area contributed by atoms with Crippen molar-refractivity contribution in [3.8, 4) is 0 Å². The van der Waals surface area contributed by atoms with E-state index >= 15 is 0 Å². The summed E-state index contributed by atoms with van der Waals surface area (Å²) in [6.07, 6.45) is 2.67. The maximum absolute atomic E-state index is 12.0. The average Bonchev–Trinajstić information content (AvgIpc) is 2.61. The number of pyridine rings is 1. The number of carbonyl (C=O) groups excluding carboxylic acids is 1. The van der Waals surface area contributed by atoms with Gasteiger partial charge in [0, 0.05) is 23.8 Å². The van der Waals surface area contributed by atoms with Gasteiger partial charge in [-0.2, -0.15) is 0 Å². The SMILES string of the molecule is CCCNC(=O)c1c(C)nc2cc(Cl)ccn12. The fraction of sp³-hybridized carbons (Fsp3) is 0.333. The van der Waals surface area contributed by atoms with Crippen LogP contribution in [0.5, 0.6) is 0 Å². The van der Waals surface area contributed by atoms with E-state index in [-0.39, 0.29) is 5.91 Å². The molecule has 4 nitrogen and oxygen atoms in total. The van der Waals surface area contributed by atoms with Crippen LogP contribution in [-0.4, -0.2) is 21.8 Å². The Labute approximate surface area is 105 Å². The summed E-state index contributed by atoms with van der Waals surface area (Å²) >= 11 is 5.89. The van der Waals surface area contributed by atoms with Gasteiger partial charge >= 0.3 is 0 Å². The van der Waals surface area contributed by atoms with Crippen LogP contribution in [-0.2, 0) is 0 Å². The highest BCUT2D eigenvalue weighted by Gasteiger charge is 2.15. The average molecular weight is 252 g/mol. The highest BCUT2D eigenvalue weighted by Crippen LogP contribution is 2.16. The van der Waals surface area contributed by atoms with Crippen molar-refractivity contribution in [3.63, 3.8) is 0 Å². The molecule has 5 heteroatoms. The van der Waals surface area contributed by atoms with Crippen molar-refractivity contribution in [3.05, 3.63) is 34.7 Å². The van der Waals surface area contributed by atoms with E-state index in [2.05, 4.69) is 10.3 Å². The predicted octanol–water partition coefficient (Wildman–Crippen LogP) is 2.44. The molecule has 90 valence electrons. The van der Waals surface area contributed by atoms with Crippen LogP contribution in [0.2, 0.25) is 5.02 Å². The third-order valence-corrected chi connectivity index (χ3v) is 2.75. The van der Waals surface area contributed by atoms with Crippen LogP contribution in [0.3, 0.4) is 0 Å². The number of nitrogens with one attached hydrogen (secondary N) is 1. The molecule has 0 unspecified atom stereocenters. The summed E-state index contributed by atoms with van der Waals surface area (Å²) in [6, 6.07) is 3.48. The fourth-order valence-corrected chi connectivity index (χ4v) is 1.89. The molecule has 1 N–H and O–H groups in total. The second-order valence-electron chi connectivity index (χ2n) is 3.87. The molecule has 0 aliphatic rings. The van der Waals surface area contributed by atoms with E-state index in [1.807, 2.05) is 13.8 Å². The lowest BCUT2D eigenvalue weighted by Gasteiger charge is -2.04. The Morgan fingerprint density at radius 2 is 2.35 bits per heavy atom. The zero-order chi connectivity index (χ0) is 12.4. The molecule has 0 fully saturated rings. The van der Waals surface area contributed by atoms with E-state index in [0.717, 1.165) is 6.42 Å². The van der Waals surface area contributed by atoms with E-state index < -0.39 is 0 Å². The first-order valence-electron chi connectivity index (χ1n) is 5.56. The number of aromatic nitrogens is 2. The number of hydrogen-bond acceptors (Lipinski definition) is 2. The molecule has 0 bridgehead atoms. The lowest BCUT2D eigenvalue weighted by molar-refractivity contribution is 0.0947. The van der Waals surface area contributed by atoms with Crippen LogP contribution in [0.25, 0.3) is 5.65 Å². The molecule has 0 radical (unpaired) electrons. The molecule has 0 spiro atoms. The van der Waals surface area contributed by atoms with Gasteiger partial charge in [0.2, 0.25) is 0 Å². The second kappa shape index (κ2) is 4.75. The van der Waals surface area contributed by atoms with Gasteiger partial charge in [-0.1, -0.05) is 18.5 Å². The lowest BCUT2D eigenvalue weighted by Crippen LogP contribution is -2.26.